The molecule has 1 amide bonds. The standard InChI is InChI=1S/C32H30N3O2S2.HI/c1-4-33-28(39-31(25-17-11-7-12-18-25)30(33)24-15-9-6-10-16-24)21-29-34(5-2)32(37)27(38-29)22-35(23(3)36)26-19-13-8-14-20-26;/h6-22H,4-5H2,1-3H3;1H/q+1;/p-1/b27-22+;. The molecular weight excluding hydrogens is 649 g/mol. The number of halogens is 1. The summed E-state index contributed by atoms with van der Waals surface area (Å²) in [6.07, 6.45) is 3.78. The number of hydrogen-bond acceptors (Lipinski definition) is 4. The number of aromatic nitrogens is 2. The van der Waals surface area contributed by atoms with Crippen molar-refractivity contribution in [3.63, 3.8) is 0 Å². The summed E-state index contributed by atoms with van der Waals surface area (Å²) in [4.78, 5) is 28.7. The number of amides is 1. The molecule has 0 atom stereocenters. The average Bonchev–Trinajstić information content (AvgIpc) is 3.49. The van der Waals surface area contributed by atoms with Gasteiger partial charge < -0.3 is 24.0 Å². The van der Waals surface area contributed by atoms with E-state index >= 15 is 0 Å². The second-order valence-electron chi connectivity index (χ2n) is 8.95. The molecule has 0 radical (unpaired) electrons. The van der Waals surface area contributed by atoms with Crippen LogP contribution < -0.4 is 48.2 Å². The van der Waals surface area contributed by atoms with Crippen molar-refractivity contribution < 1.29 is 33.3 Å². The second-order valence-corrected chi connectivity index (χ2v) is 11.0. The van der Waals surface area contributed by atoms with E-state index in [2.05, 4.69) is 66.1 Å². The van der Waals surface area contributed by atoms with E-state index in [1.165, 1.54) is 33.7 Å². The number of nitrogens with zero attached hydrogens (tertiary/aromatic N) is 3. The van der Waals surface area contributed by atoms with Crippen LogP contribution in [0.25, 0.3) is 34.0 Å². The number of rotatable bonds is 7. The first kappa shape index (κ1) is 29.6. The Morgan fingerprint density at radius 1 is 0.875 bits per heavy atom. The Morgan fingerprint density at radius 2 is 1.45 bits per heavy atom. The van der Waals surface area contributed by atoms with Crippen LogP contribution in [0.5, 0.6) is 0 Å². The molecule has 0 unspecified atom stereocenters. The maximum absolute atomic E-state index is 13.5. The van der Waals surface area contributed by atoms with Gasteiger partial charge in [-0.25, -0.2) is 0 Å². The number of anilines is 1. The van der Waals surface area contributed by atoms with Gasteiger partial charge in [-0.1, -0.05) is 78.1 Å². The number of hydrogen-bond donors (Lipinski definition) is 0. The van der Waals surface area contributed by atoms with Gasteiger partial charge in [-0.2, -0.15) is 4.57 Å². The van der Waals surface area contributed by atoms with Gasteiger partial charge in [0, 0.05) is 30.9 Å². The first-order valence-electron chi connectivity index (χ1n) is 13.0. The predicted molar refractivity (Wildman–Crippen MR) is 162 cm³/mol. The van der Waals surface area contributed by atoms with Crippen LogP contribution in [0.15, 0.2) is 95.8 Å². The number of carbonyl (C=O) groups excluding carboxylic acids is 1. The number of para-hydroxylation sites is 1. The van der Waals surface area contributed by atoms with E-state index in [4.69, 9.17) is 0 Å². The highest BCUT2D eigenvalue weighted by molar-refractivity contribution is 7.16. The highest BCUT2D eigenvalue weighted by Gasteiger charge is 2.27. The van der Waals surface area contributed by atoms with E-state index in [-0.39, 0.29) is 35.4 Å². The van der Waals surface area contributed by atoms with Gasteiger partial charge in [0.05, 0.1) is 6.08 Å². The van der Waals surface area contributed by atoms with Crippen LogP contribution in [0.1, 0.15) is 25.8 Å². The third-order valence-corrected chi connectivity index (χ3v) is 8.70. The summed E-state index contributed by atoms with van der Waals surface area (Å²) < 4.78 is 5.48. The predicted octanol–water partition coefficient (Wildman–Crippen LogP) is 2.26. The molecule has 5 aromatic rings. The molecule has 204 valence electrons. The molecule has 3 aromatic carbocycles. The van der Waals surface area contributed by atoms with Gasteiger partial charge >= 0.3 is 0 Å². The quantitative estimate of drug-likeness (QED) is 0.196. The van der Waals surface area contributed by atoms with E-state index in [9.17, 15) is 9.59 Å². The summed E-state index contributed by atoms with van der Waals surface area (Å²) in [5, 5.41) is 1.07. The molecule has 0 fully saturated rings. The van der Waals surface area contributed by atoms with Crippen molar-refractivity contribution in [2.75, 3.05) is 4.90 Å². The summed E-state index contributed by atoms with van der Waals surface area (Å²) in [7, 11) is 0. The smallest absolute Gasteiger partial charge is 0.270 e. The van der Waals surface area contributed by atoms with Gasteiger partial charge in [0.1, 0.15) is 20.6 Å². The van der Waals surface area contributed by atoms with E-state index in [1.54, 1.807) is 22.1 Å². The molecule has 5 rings (SSSR count). The molecule has 0 saturated carbocycles. The van der Waals surface area contributed by atoms with Crippen LogP contribution in [0, 0.1) is 0 Å². The maximum atomic E-state index is 13.5. The van der Waals surface area contributed by atoms with Crippen molar-refractivity contribution in [1.82, 2.24) is 4.57 Å². The monoisotopic (exact) mass is 679 g/mol. The largest absolute Gasteiger partial charge is 1.00 e. The molecule has 8 heteroatoms. The molecule has 5 nitrogen and oxygen atoms in total. The summed E-state index contributed by atoms with van der Waals surface area (Å²) in [6.45, 7) is 6.95. The van der Waals surface area contributed by atoms with Gasteiger partial charge in [-0.05, 0) is 43.7 Å². The van der Waals surface area contributed by atoms with Crippen molar-refractivity contribution in [2.45, 2.75) is 33.9 Å². The Bertz CT molecular complexity index is 1780. The average molecular weight is 680 g/mol. The number of benzene rings is 3. The molecule has 0 aliphatic carbocycles. The molecule has 40 heavy (non-hydrogen) atoms. The molecule has 2 aromatic heterocycles. The molecule has 0 N–H and O–H groups in total. The van der Waals surface area contributed by atoms with Crippen LogP contribution in [-0.2, 0) is 17.9 Å². The first-order chi connectivity index (χ1) is 19.0. The summed E-state index contributed by atoms with van der Waals surface area (Å²) >= 11 is 3.14. The fourth-order valence-corrected chi connectivity index (χ4v) is 7.06. The molecule has 0 saturated heterocycles. The lowest BCUT2D eigenvalue weighted by Gasteiger charge is -2.15. The fourth-order valence-electron chi connectivity index (χ4n) is 4.62. The fraction of sp³-hybridized carbons (Fsp3) is 0.156. The lowest BCUT2D eigenvalue weighted by atomic mass is 10.1. The van der Waals surface area contributed by atoms with Crippen molar-refractivity contribution in [3.8, 4) is 21.7 Å². The van der Waals surface area contributed by atoms with Crippen LogP contribution in [-0.4, -0.2) is 10.5 Å². The Hall–Kier alpha value is -3.34. The first-order valence-corrected chi connectivity index (χ1v) is 14.6. The zero-order valence-electron chi connectivity index (χ0n) is 22.6. The third kappa shape index (κ3) is 6.04. The van der Waals surface area contributed by atoms with Gasteiger partial charge in [-0.15, -0.1) is 11.3 Å². The van der Waals surface area contributed by atoms with Crippen molar-refractivity contribution in [3.05, 3.63) is 116 Å². The normalized spacial score (nSPS) is 11.9. The molecule has 2 heterocycles. The van der Waals surface area contributed by atoms with E-state index in [0.29, 0.717) is 11.1 Å². The summed E-state index contributed by atoms with van der Waals surface area (Å²) in [5.74, 6) is -0.148. The van der Waals surface area contributed by atoms with Crippen molar-refractivity contribution in [1.29, 1.82) is 0 Å². The van der Waals surface area contributed by atoms with Gasteiger partial charge in [0.2, 0.25) is 11.6 Å². The van der Waals surface area contributed by atoms with E-state index in [0.717, 1.165) is 33.0 Å². The SMILES string of the molecule is CCn1c(=O)/c(=C\N(C(C)=O)c2ccccc2)s/c1=C\c1sc(-c2ccccc2)c(-c2ccccc2)[n+]1CC.[I-]. The van der Waals surface area contributed by atoms with Gasteiger partial charge in [0.15, 0.2) is 0 Å². The number of carbonyl (C=O) groups is 1. The maximum Gasteiger partial charge on any atom is 0.270 e. The van der Waals surface area contributed by atoms with E-state index < -0.39 is 0 Å². The van der Waals surface area contributed by atoms with Crippen molar-refractivity contribution >= 4 is 46.5 Å². The van der Waals surface area contributed by atoms with Gasteiger partial charge in [0.25, 0.3) is 10.6 Å². The Balaban J connectivity index is 0.00000370. The Kier molecular flexibility index (Phi) is 9.89. The summed E-state index contributed by atoms with van der Waals surface area (Å²) in [6, 6.07) is 30.3. The zero-order valence-corrected chi connectivity index (χ0v) is 26.4. The molecule has 0 bridgehead atoms. The highest BCUT2D eigenvalue weighted by atomic mass is 127. The lowest BCUT2D eigenvalue weighted by Crippen LogP contribution is -3.00. The lowest BCUT2D eigenvalue weighted by molar-refractivity contribution is -0.679. The Labute approximate surface area is 259 Å². The van der Waals surface area contributed by atoms with E-state index in [1.807, 2.05) is 49.4 Å². The Morgan fingerprint density at radius 3 is 2.00 bits per heavy atom. The zero-order chi connectivity index (χ0) is 27.4. The van der Waals surface area contributed by atoms with Crippen molar-refractivity contribution in [2.24, 2.45) is 0 Å². The molecule has 0 aliphatic rings. The topological polar surface area (TPSA) is 46.2 Å². The number of thiazole rings is 2. The molecule has 0 spiro atoms. The summed E-state index contributed by atoms with van der Waals surface area (Å²) in [5.41, 5.74) is 4.12. The molecule has 0 aliphatic heterocycles. The van der Waals surface area contributed by atoms with Crippen LogP contribution in [0.4, 0.5) is 5.69 Å². The second kappa shape index (κ2) is 13.3. The third-order valence-electron chi connectivity index (χ3n) is 6.48. The molecular formula is C32H30IN3O2S2. The minimum atomic E-state index is -0.148. The minimum absolute atomic E-state index is 0. The van der Waals surface area contributed by atoms with Gasteiger partial charge in [-0.3, -0.25) is 19.1 Å². The highest BCUT2D eigenvalue weighted by Crippen LogP contribution is 2.36. The van der Waals surface area contributed by atoms with Crippen LogP contribution in [0.3, 0.4) is 0 Å². The van der Waals surface area contributed by atoms with Crippen LogP contribution >= 0.6 is 22.7 Å². The minimum Gasteiger partial charge on any atom is -1.00 e. The van der Waals surface area contributed by atoms with Crippen LogP contribution in [0.2, 0.25) is 0 Å².